The van der Waals surface area contributed by atoms with Crippen LogP contribution in [0.3, 0.4) is 0 Å². The number of hydrogen-bond donors (Lipinski definition) is 1. The van der Waals surface area contributed by atoms with Crippen molar-refractivity contribution in [2.75, 3.05) is 6.61 Å². The first kappa shape index (κ1) is 20.0. The number of hydrogen-bond acceptors (Lipinski definition) is 4. The molecule has 2 aromatic rings. The minimum atomic E-state index is -0.340. The lowest BCUT2D eigenvalue weighted by atomic mass is 10.2. The van der Waals surface area contributed by atoms with Crippen LogP contribution < -0.4 is 10.2 Å². The van der Waals surface area contributed by atoms with Crippen LogP contribution in [0, 0.1) is 6.92 Å². The third kappa shape index (κ3) is 5.59. The van der Waals surface area contributed by atoms with Crippen LogP contribution in [0.1, 0.15) is 43.5 Å². The number of carbonyl (C=O) groups excluding carboxylic acids is 1. The number of hydrazone groups is 1. The molecular weight excluding hydrogens is 352 g/mol. The smallest absolute Gasteiger partial charge is 0.277 e. The summed E-state index contributed by atoms with van der Waals surface area (Å²) >= 11 is 6.32. The van der Waals surface area contributed by atoms with Crippen molar-refractivity contribution in [3.05, 3.63) is 46.2 Å². The molecule has 6 nitrogen and oxygen atoms in total. The van der Waals surface area contributed by atoms with Crippen molar-refractivity contribution in [2.24, 2.45) is 5.10 Å². The molecule has 1 aromatic heterocycles. The van der Waals surface area contributed by atoms with Crippen LogP contribution in [-0.2, 0) is 17.8 Å². The van der Waals surface area contributed by atoms with Gasteiger partial charge in [0.2, 0.25) is 0 Å². The summed E-state index contributed by atoms with van der Waals surface area (Å²) in [5.41, 5.74) is 5.14. The zero-order valence-corrected chi connectivity index (χ0v) is 16.2. The van der Waals surface area contributed by atoms with E-state index in [1.165, 1.54) is 11.8 Å². The Morgan fingerprint density at radius 3 is 2.73 bits per heavy atom. The molecule has 0 aliphatic rings. The van der Waals surface area contributed by atoms with Crippen molar-refractivity contribution in [1.82, 2.24) is 15.2 Å². The number of rotatable bonds is 9. The van der Waals surface area contributed by atoms with E-state index in [4.69, 9.17) is 16.3 Å². The van der Waals surface area contributed by atoms with Gasteiger partial charge in [-0.3, -0.25) is 9.48 Å². The highest BCUT2D eigenvalue weighted by atomic mass is 35.5. The number of aromatic nitrogens is 2. The molecule has 0 aliphatic carbocycles. The highest BCUT2D eigenvalue weighted by Gasteiger charge is 2.11. The molecule has 0 aliphatic heterocycles. The summed E-state index contributed by atoms with van der Waals surface area (Å²) in [6, 6.07) is 7.66. The highest BCUT2D eigenvalue weighted by molar-refractivity contribution is 6.32. The SMILES string of the molecule is CCCCn1nc(C)c(/C=N\NC(=O)COc2ccc(CC)cc2)c1Cl. The van der Waals surface area contributed by atoms with Crippen molar-refractivity contribution in [1.29, 1.82) is 0 Å². The summed E-state index contributed by atoms with van der Waals surface area (Å²) < 4.78 is 7.19. The van der Waals surface area contributed by atoms with Gasteiger partial charge < -0.3 is 4.74 Å². The monoisotopic (exact) mass is 376 g/mol. The Kier molecular flexibility index (Phi) is 7.66. The molecule has 0 saturated heterocycles. The van der Waals surface area contributed by atoms with Crippen molar-refractivity contribution in [3.63, 3.8) is 0 Å². The van der Waals surface area contributed by atoms with Crippen LogP contribution in [0.15, 0.2) is 29.4 Å². The van der Waals surface area contributed by atoms with Gasteiger partial charge in [-0.25, -0.2) is 5.43 Å². The number of aryl methyl sites for hydroxylation is 3. The Balaban J connectivity index is 1.85. The van der Waals surface area contributed by atoms with E-state index in [0.717, 1.165) is 31.5 Å². The lowest BCUT2D eigenvalue weighted by molar-refractivity contribution is -0.123. The molecule has 1 amide bonds. The lowest BCUT2D eigenvalue weighted by Crippen LogP contribution is -2.24. The third-order valence-electron chi connectivity index (χ3n) is 3.92. The molecule has 0 bridgehead atoms. The van der Waals surface area contributed by atoms with Gasteiger partial charge in [0.25, 0.3) is 5.91 Å². The quantitative estimate of drug-likeness (QED) is 0.535. The Morgan fingerprint density at radius 2 is 2.08 bits per heavy atom. The van der Waals surface area contributed by atoms with Crippen LogP contribution in [0.25, 0.3) is 0 Å². The Morgan fingerprint density at radius 1 is 1.35 bits per heavy atom. The topological polar surface area (TPSA) is 68.5 Å². The number of unbranched alkanes of at least 4 members (excludes halogenated alkanes) is 1. The molecule has 26 heavy (non-hydrogen) atoms. The molecule has 0 atom stereocenters. The molecule has 1 N–H and O–H groups in total. The van der Waals surface area contributed by atoms with Gasteiger partial charge in [-0.15, -0.1) is 0 Å². The third-order valence-corrected chi connectivity index (χ3v) is 4.32. The second kappa shape index (κ2) is 9.97. The van der Waals surface area contributed by atoms with Crippen molar-refractivity contribution < 1.29 is 9.53 Å². The maximum Gasteiger partial charge on any atom is 0.277 e. The number of ether oxygens (including phenoxy) is 1. The number of halogens is 1. The summed E-state index contributed by atoms with van der Waals surface area (Å²) in [6.45, 7) is 6.72. The van der Waals surface area contributed by atoms with Crippen LogP contribution in [0.5, 0.6) is 5.75 Å². The molecule has 0 unspecified atom stereocenters. The highest BCUT2D eigenvalue weighted by Crippen LogP contribution is 2.18. The van der Waals surface area contributed by atoms with Crippen LogP contribution in [0.4, 0.5) is 0 Å². The van der Waals surface area contributed by atoms with E-state index in [1.807, 2.05) is 31.2 Å². The molecule has 0 fully saturated rings. The standard InChI is InChI=1S/C19H25ClN4O2/c1-4-6-11-24-19(20)17(14(3)23-24)12-21-22-18(25)13-26-16-9-7-15(5-2)8-10-16/h7-10,12H,4-6,11,13H2,1-3H3,(H,22,25)/b21-12-. The van der Waals surface area contributed by atoms with E-state index in [2.05, 4.69) is 29.5 Å². The van der Waals surface area contributed by atoms with Gasteiger partial charge in [-0.05, 0) is 37.5 Å². The predicted molar refractivity (Wildman–Crippen MR) is 104 cm³/mol. The minimum Gasteiger partial charge on any atom is -0.484 e. The van der Waals surface area contributed by atoms with Gasteiger partial charge in [0.05, 0.1) is 17.5 Å². The van der Waals surface area contributed by atoms with E-state index < -0.39 is 0 Å². The lowest BCUT2D eigenvalue weighted by Gasteiger charge is -2.05. The van der Waals surface area contributed by atoms with Crippen molar-refractivity contribution >= 4 is 23.7 Å². The summed E-state index contributed by atoms with van der Waals surface area (Å²) in [6.07, 6.45) is 4.55. The second-order valence-corrected chi connectivity index (χ2v) is 6.30. The zero-order valence-electron chi connectivity index (χ0n) is 15.5. The first-order chi connectivity index (χ1) is 12.5. The fourth-order valence-corrected chi connectivity index (χ4v) is 2.65. The van der Waals surface area contributed by atoms with Crippen LogP contribution >= 0.6 is 11.6 Å². The summed E-state index contributed by atoms with van der Waals surface area (Å²) in [7, 11) is 0. The summed E-state index contributed by atoms with van der Waals surface area (Å²) in [5, 5.41) is 8.87. The Bertz CT molecular complexity index is 754. The molecule has 0 radical (unpaired) electrons. The van der Waals surface area contributed by atoms with Gasteiger partial charge in [0, 0.05) is 6.54 Å². The van der Waals surface area contributed by atoms with E-state index in [-0.39, 0.29) is 12.5 Å². The number of carbonyl (C=O) groups is 1. The number of nitrogens with zero attached hydrogens (tertiary/aromatic N) is 3. The van der Waals surface area contributed by atoms with Crippen LogP contribution in [0.2, 0.25) is 5.15 Å². The van der Waals surface area contributed by atoms with Gasteiger partial charge in [0.1, 0.15) is 10.9 Å². The fraction of sp³-hybridized carbons (Fsp3) is 0.421. The van der Waals surface area contributed by atoms with E-state index >= 15 is 0 Å². The van der Waals surface area contributed by atoms with Gasteiger partial charge in [0.15, 0.2) is 6.61 Å². The predicted octanol–water partition coefficient (Wildman–Crippen LogP) is 3.74. The van der Waals surface area contributed by atoms with Gasteiger partial charge >= 0.3 is 0 Å². The summed E-state index contributed by atoms with van der Waals surface area (Å²) in [5.74, 6) is 0.311. The molecule has 140 valence electrons. The van der Waals surface area contributed by atoms with Gasteiger partial charge in [-0.1, -0.05) is 44.0 Å². The van der Waals surface area contributed by atoms with Crippen molar-refractivity contribution in [2.45, 2.75) is 46.6 Å². The molecule has 0 spiro atoms. The van der Waals surface area contributed by atoms with Crippen molar-refractivity contribution in [3.8, 4) is 5.75 Å². The number of benzene rings is 1. The second-order valence-electron chi connectivity index (χ2n) is 5.95. The average Bonchev–Trinajstić information content (AvgIpc) is 2.92. The first-order valence-electron chi connectivity index (χ1n) is 8.81. The van der Waals surface area contributed by atoms with E-state index in [0.29, 0.717) is 16.5 Å². The molecule has 1 heterocycles. The zero-order chi connectivity index (χ0) is 18.9. The molecule has 2 rings (SSSR count). The minimum absolute atomic E-state index is 0.106. The largest absolute Gasteiger partial charge is 0.484 e. The number of amides is 1. The number of nitrogens with one attached hydrogen (secondary N) is 1. The van der Waals surface area contributed by atoms with Gasteiger partial charge in [-0.2, -0.15) is 10.2 Å². The normalized spacial score (nSPS) is 11.1. The first-order valence-corrected chi connectivity index (χ1v) is 9.19. The molecular formula is C19H25ClN4O2. The molecule has 0 saturated carbocycles. The van der Waals surface area contributed by atoms with E-state index in [9.17, 15) is 4.79 Å². The molecule has 1 aromatic carbocycles. The van der Waals surface area contributed by atoms with E-state index in [1.54, 1.807) is 4.68 Å². The molecule has 7 heteroatoms. The maximum atomic E-state index is 11.8. The van der Waals surface area contributed by atoms with Crippen LogP contribution in [-0.4, -0.2) is 28.5 Å². The summed E-state index contributed by atoms with van der Waals surface area (Å²) in [4.78, 5) is 11.8. The average molecular weight is 377 g/mol. The maximum absolute atomic E-state index is 11.8. The fourth-order valence-electron chi connectivity index (χ4n) is 2.34. The Labute approximate surface area is 159 Å². The Hall–Kier alpha value is -2.34.